The number of nitriles is 1. The topological polar surface area (TPSA) is 30.3 Å². The SMILES string of the molecule is CN1CC(C)(C)CN(c2ccccc2)CC1CC#N. The maximum atomic E-state index is 9.02. The van der Waals surface area contributed by atoms with Crippen LogP contribution in [0.1, 0.15) is 20.3 Å². The quantitative estimate of drug-likeness (QED) is 0.816. The Labute approximate surface area is 116 Å². The molecule has 1 saturated heterocycles. The molecule has 0 bridgehead atoms. The second kappa shape index (κ2) is 5.63. The predicted octanol–water partition coefficient (Wildman–Crippen LogP) is 2.75. The van der Waals surface area contributed by atoms with E-state index in [2.05, 4.69) is 61.0 Å². The Hall–Kier alpha value is -1.53. The summed E-state index contributed by atoms with van der Waals surface area (Å²) in [6.07, 6.45) is 0.593. The van der Waals surface area contributed by atoms with E-state index in [1.165, 1.54) is 5.69 Å². The Morgan fingerprint density at radius 3 is 2.58 bits per heavy atom. The summed E-state index contributed by atoms with van der Waals surface area (Å²) in [5.41, 5.74) is 1.49. The van der Waals surface area contributed by atoms with E-state index >= 15 is 0 Å². The molecule has 1 atom stereocenters. The smallest absolute Gasteiger partial charge is 0.0638 e. The van der Waals surface area contributed by atoms with Gasteiger partial charge in [-0.25, -0.2) is 0 Å². The van der Waals surface area contributed by atoms with Crippen molar-refractivity contribution in [3.63, 3.8) is 0 Å². The number of para-hydroxylation sites is 1. The first-order valence-corrected chi connectivity index (χ1v) is 6.89. The molecule has 1 aromatic carbocycles. The molecule has 0 aromatic heterocycles. The average Bonchev–Trinajstić information content (AvgIpc) is 2.47. The van der Waals surface area contributed by atoms with Crippen LogP contribution in [0, 0.1) is 16.7 Å². The van der Waals surface area contributed by atoms with Gasteiger partial charge in [0.2, 0.25) is 0 Å². The Balaban J connectivity index is 2.25. The van der Waals surface area contributed by atoms with Crippen molar-refractivity contribution in [2.24, 2.45) is 5.41 Å². The Kier molecular flexibility index (Phi) is 4.11. The van der Waals surface area contributed by atoms with Crippen molar-refractivity contribution in [2.45, 2.75) is 26.3 Å². The third-order valence-corrected chi connectivity index (χ3v) is 3.80. The van der Waals surface area contributed by atoms with E-state index in [4.69, 9.17) is 5.26 Å². The summed E-state index contributed by atoms with van der Waals surface area (Å²) in [4.78, 5) is 4.76. The standard InChI is InChI=1S/C16H23N3/c1-16(2)12-18(3)15(9-10-17)11-19(13-16)14-7-5-4-6-8-14/h4-8,15H,9,11-13H2,1-3H3. The number of hydrogen-bond acceptors (Lipinski definition) is 3. The van der Waals surface area contributed by atoms with Gasteiger partial charge in [-0.15, -0.1) is 0 Å². The van der Waals surface area contributed by atoms with Gasteiger partial charge < -0.3 is 9.80 Å². The second-order valence-electron chi connectivity index (χ2n) is 6.31. The van der Waals surface area contributed by atoms with Gasteiger partial charge >= 0.3 is 0 Å². The molecule has 19 heavy (non-hydrogen) atoms. The lowest BCUT2D eigenvalue weighted by Crippen LogP contribution is -2.38. The van der Waals surface area contributed by atoms with Gasteiger partial charge in [0.05, 0.1) is 12.5 Å². The molecule has 0 N–H and O–H groups in total. The van der Waals surface area contributed by atoms with Crippen LogP contribution in [0.3, 0.4) is 0 Å². The fourth-order valence-corrected chi connectivity index (χ4v) is 2.99. The van der Waals surface area contributed by atoms with Crippen LogP contribution in [-0.4, -0.2) is 37.6 Å². The van der Waals surface area contributed by atoms with Crippen LogP contribution >= 0.6 is 0 Å². The predicted molar refractivity (Wildman–Crippen MR) is 79.1 cm³/mol. The number of anilines is 1. The van der Waals surface area contributed by atoms with Gasteiger partial charge in [-0.3, -0.25) is 0 Å². The Morgan fingerprint density at radius 1 is 1.26 bits per heavy atom. The van der Waals surface area contributed by atoms with E-state index in [0.717, 1.165) is 19.6 Å². The number of benzene rings is 1. The molecular weight excluding hydrogens is 234 g/mol. The van der Waals surface area contributed by atoms with Gasteiger partial charge in [-0.05, 0) is 24.6 Å². The lowest BCUT2D eigenvalue weighted by molar-refractivity contribution is 0.195. The van der Waals surface area contributed by atoms with Crippen molar-refractivity contribution < 1.29 is 0 Å². The third-order valence-electron chi connectivity index (χ3n) is 3.80. The van der Waals surface area contributed by atoms with Crippen LogP contribution in [0.2, 0.25) is 0 Å². The van der Waals surface area contributed by atoms with Gasteiger partial charge in [0.25, 0.3) is 0 Å². The summed E-state index contributed by atoms with van der Waals surface area (Å²) in [7, 11) is 2.14. The highest BCUT2D eigenvalue weighted by atomic mass is 15.2. The first kappa shape index (κ1) is 13.9. The summed E-state index contributed by atoms with van der Waals surface area (Å²) in [6, 6.07) is 13.2. The number of likely N-dealkylation sites (N-methyl/N-ethyl adjacent to an activating group) is 1. The molecule has 2 rings (SSSR count). The summed E-state index contributed by atoms with van der Waals surface area (Å²) < 4.78 is 0. The van der Waals surface area contributed by atoms with Crippen molar-refractivity contribution in [1.29, 1.82) is 5.26 Å². The molecule has 1 aromatic rings. The molecule has 3 nitrogen and oxygen atoms in total. The first-order valence-electron chi connectivity index (χ1n) is 6.89. The normalized spacial score (nSPS) is 23.7. The van der Waals surface area contributed by atoms with Crippen LogP contribution in [0.4, 0.5) is 5.69 Å². The lowest BCUT2D eigenvalue weighted by atomic mass is 9.92. The van der Waals surface area contributed by atoms with Crippen LogP contribution < -0.4 is 4.90 Å². The van der Waals surface area contributed by atoms with Gasteiger partial charge in [0.15, 0.2) is 0 Å². The van der Waals surface area contributed by atoms with Crippen molar-refractivity contribution >= 4 is 5.69 Å². The Bertz CT molecular complexity index is 447. The average molecular weight is 257 g/mol. The molecule has 1 aliphatic rings. The highest BCUT2D eigenvalue weighted by Gasteiger charge is 2.32. The van der Waals surface area contributed by atoms with E-state index in [0.29, 0.717) is 12.5 Å². The molecule has 102 valence electrons. The number of rotatable bonds is 2. The first-order chi connectivity index (χ1) is 9.02. The molecule has 1 aliphatic heterocycles. The van der Waals surface area contributed by atoms with Gasteiger partial charge in [-0.1, -0.05) is 32.0 Å². The van der Waals surface area contributed by atoms with E-state index in [1.54, 1.807) is 0 Å². The minimum absolute atomic E-state index is 0.231. The molecule has 1 heterocycles. The van der Waals surface area contributed by atoms with Crippen molar-refractivity contribution in [2.75, 3.05) is 31.6 Å². The molecule has 0 aliphatic carbocycles. The van der Waals surface area contributed by atoms with Crippen molar-refractivity contribution in [3.8, 4) is 6.07 Å². The minimum atomic E-state index is 0.231. The van der Waals surface area contributed by atoms with E-state index in [1.807, 2.05) is 6.07 Å². The van der Waals surface area contributed by atoms with Gasteiger partial charge in [0.1, 0.15) is 0 Å². The lowest BCUT2D eigenvalue weighted by Gasteiger charge is -2.31. The molecule has 0 spiro atoms. The molecule has 0 radical (unpaired) electrons. The highest BCUT2D eigenvalue weighted by molar-refractivity contribution is 5.46. The molecule has 0 saturated carbocycles. The van der Waals surface area contributed by atoms with Crippen LogP contribution in [0.25, 0.3) is 0 Å². The fourth-order valence-electron chi connectivity index (χ4n) is 2.99. The molecule has 1 fully saturated rings. The third kappa shape index (κ3) is 3.48. The van der Waals surface area contributed by atoms with E-state index in [9.17, 15) is 0 Å². The minimum Gasteiger partial charge on any atom is -0.369 e. The molecule has 0 amide bonds. The molecule has 1 unspecified atom stereocenters. The van der Waals surface area contributed by atoms with Crippen LogP contribution in [-0.2, 0) is 0 Å². The van der Waals surface area contributed by atoms with Gasteiger partial charge in [-0.2, -0.15) is 5.26 Å². The largest absolute Gasteiger partial charge is 0.369 e. The molecular formula is C16H23N3. The monoisotopic (exact) mass is 257 g/mol. The second-order valence-corrected chi connectivity index (χ2v) is 6.31. The van der Waals surface area contributed by atoms with Crippen molar-refractivity contribution in [1.82, 2.24) is 4.90 Å². The summed E-state index contributed by atoms with van der Waals surface area (Å²) >= 11 is 0. The summed E-state index contributed by atoms with van der Waals surface area (Å²) in [5, 5.41) is 9.02. The zero-order chi connectivity index (χ0) is 13.9. The van der Waals surface area contributed by atoms with Gasteiger partial charge in [0, 0.05) is 31.4 Å². The highest BCUT2D eigenvalue weighted by Crippen LogP contribution is 2.28. The number of hydrogen-bond donors (Lipinski definition) is 0. The fraction of sp³-hybridized carbons (Fsp3) is 0.562. The van der Waals surface area contributed by atoms with Crippen LogP contribution in [0.5, 0.6) is 0 Å². The van der Waals surface area contributed by atoms with Crippen LogP contribution in [0.15, 0.2) is 30.3 Å². The van der Waals surface area contributed by atoms with E-state index < -0.39 is 0 Å². The zero-order valence-corrected chi connectivity index (χ0v) is 12.1. The van der Waals surface area contributed by atoms with E-state index in [-0.39, 0.29) is 5.41 Å². The van der Waals surface area contributed by atoms with Crippen molar-refractivity contribution in [3.05, 3.63) is 30.3 Å². The maximum absolute atomic E-state index is 9.02. The number of nitrogens with zero attached hydrogens (tertiary/aromatic N) is 3. The summed E-state index contributed by atoms with van der Waals surface area (Å²) in [5.74, 6) is 0. The summed E-state index contributed by atoms with van der Waals surface area (Å²) in [6.45, 7) is 7.59. The maximum Gasteiger partial charge on any atom is 0.0638 e. The molecule has 3 heteroatoms. The zero-order valence-electron chi connectivity index (χ0n) is 12.1. The Morgan fingerprint density at radius 2 is 1.95 bits per heavy atom.